The van der Waals surface area contributed by atoms with Crippen LogP contribution >= 0.6 is 0 Å². The predicted octanol–water partition coefficient (Wildman–Crippen LogP) is -0.847. The standard InChI is InChI=1S/C12H23N3O2S/c16-18(17)7-1-11(2-8-18)15-9-12(10-15)14-5-3-13-4-6-14/h11-13H,1-10H2. The van der Waals surface area contributed by atoms with Gasteiger partial charge in [-0.2, -0.15) is 0 Å². The van der Waals surface area contributed by atoms with Crippen molar-refractivity contribution in [2.24, 2.45) is 0 Å². The minimum atomic E-state index is -2.71. The predicted molar refractivity (Wildman–Crippen MR) is 71.5 cm³/mol. The second kappa shape index (κ2) is 5.07. The lowest BCUT2D eigenvalue weighted by atomic mass is 10.00. The van der Waals surface area contributed by atoms with Crippen molar-refractivity contribution in [1.82, 2.24) is 15.1 Å². The average molecular weight is 273 g/mol. The largest absolute Gasteiger partial charge is 0.314 e. The van der Waals surface area contributed by atoms with Crippen LogP contribution in [0.2, 0.25) is 0 Å². The van der Waals surface area contributed by atoms with Gasteiger partial charge in [-0.15, -0.1) is 0 Å². The fraction of sp³-hybridized carbons (Fsp3) is 1.00. The summed E-state index contributed by atoms with van der Waals surface area (Å²) in [4.78, 5) is 5.06. The molecule has 3 saturated heterocycles. The summed E-state index contributed by atoms with van der Waals surface area (Å²) in [6, 6.07) is 1.23. The van der Waals surface area contributed by atoms with Gasteiger partial charge in [0.25, 0.3) is 0 Å². The molecule has 3 heterocycles. The molecule has 1 N–H and O–H groups in total. The van der Waals surface area contributed by atoms with Crippen molar-refractivity contribution in [3.05, 3.63) is 0 Å². The van der Waals surface area contributed by atoms with Crippen LogP contribution in [0.15, 0.2) is 0 Å². The van der Waals surface area contributed by atoms with Gasteiger partial charge in [0.1, 0.15) is 9.84 Å². The molecule has 6 heteroatoms. The monoisotopic (exact) mass is 273 g/mol. The van der Waals surface area contributed by atoms with Gasteiger partial charge >= 0.3 is 0 Å². The van der Waals surface area contributed by atoms with Gasteiger partial charge in [0.2, 0.25) is 0 Å². The van der Waals surface area contributed by atoms with Crippen LogP contribution in [0, 0.1) is 0 Å². The Hall–Kier alpha value is -0.170. The third-order valence-corrected chi connectivity index (χ3v) is 6.31. The van der Waals surface area contributed by atoms with Gasteiger partial charge in [-0.1, -0.05) is 0 Å². The summed E-state index contributed by atoms with van der Waals surface area (Å²) in [5.74, 6) is 0.791. The summed E-state index contributed by atoms with van der Waals surface area (Å²) in [5, 5.41) is 3.38. The van der Waals surface area contributed by atoms with Crippen LogP contribution in [0.5, 0.6) is 0 Å². The third kappa shape index (κ3) is 2.71. The molecule has 0 amide bonds. The maximum absolute atomic E-state index is 11.4. The molecular formula is C12H23N3O2S. The molecule has 0 atom stereocenters. The van der Waals surface area contributed by atoms with Crippen molar-refractivity contribution < 1.29 is 8.42 Å². The van der Waals surface area contributed by atoms with Crippen LogP contribution in [-0.4, -0.2) is 81.1 Å². The molecule has 18 heavy (non-hydrogen) atoms. The third-order valence-electron chi connectivity index (χ3n) is 4.60. The smallest absolute Gasteiger partial charge is 0.150 e. The normalized spacial score (nSPS) is 32.2. The number of sulfone groups is 1. The zero-order valence-electron chi connectivity index (χ0n) is 10.8. The lowest BCUT2D eigenvalue weighted by Gasteiger charge is -2.50. The highest BCUT2D eigenvalue weighted by Gasteiger charge is 2.38. The van der Waals surface area contributed by atoms with Gasteiger partial charge < -0.3 is 5.32 Å². The van der Waals surface area contributed by atoms with Crippen LogP contribution in [0.25, 0.3) is 0 Å². The second-order valence-corrected chi connectivity index (χ2v) is 8.08. The molecule has 0 saturated carbocycles. The molecule has 0 bridgehead atoms. The molecular weight excluding hydrogens is 250 g/mol. The van der Waals surface area contributed by atoms with E-state index in [-0.39, 0.29) is 0 Å². The Morgan fingerprint density at radius 1 is 0.889 bits per heavy atom. The Bertz CT molecular complexity index is 372. The summed E-state index contributed by atoms with van der Waals surface area (Å²) in [7, 11) is -2.71. The molecule has 3 fully saturated rings. The first-order chi connectivity index (χ1) is 8.64. The zero-order valence-corrected chi connectivity index (χ0v) is 11.7. The molecule has 0 unspecified atom stereocenters. The van der Waals surface area contributed by atoms with Crippen molar-refractivity contribution in [2.45, 2.75) is 24.9 Å². The molecule has 3 rings (SSSR count). The molecule has 3 aliphatic rings. The first-order valence-corrected chi connectivity index (χ1v) is 8.85. The number of likely N-dealkylation sites (tertiary alicyclic amines) is 1. The Morgan fingerprint density at radius 2 is 1.50 bits per heavy atom. The van der Waals surface area contributed by atoms with Crippen LogP contribution in [0.1, 0.15) is 12.8 Å². The van der Waals surface area contributed by atoms with Gasteiger partial charge in [-0.25, -0.2) is 8.42 Å². The van der Waals surface area contributed by atoms with Gasteiger partial charge in [0, 0.05) is 51.4 Å². The van der Waals surface area contributed by atoms with Crippen LogP contribution in [0.3, 0.4) is 0 Å². The molecule has 0 radical (unpaired) electrons. The van der Waals surface area contributed by atoms with E-state index in [1.54, 1.807) is 0 Å². The van der Waals surface area contributed by atoms with Gasteiger partial charge in [0.05, 0.1) is 11.5 Å². The highest BCUT2D eigenvalue weighted by atomic mass is 32.2. The topological polar surface area (TPSA) is 52.7 Å². The Balaban J connectivity index is 1.45. The molecule has 0 aromatic carbocycles. The average Bonchev–Trinajstić information content (AvgIpc) is 2.31. The van der Waals surface area contributed by atoms with E-state index >= 15 is 0 Å². The Morgan fingerprint density at radius 3 is 2.11 bits per heavy atom. The summed E-state index contributed by atoms with van der Waals surface area (Å²) in [6.07, 6.45) is 1.69. The molecule has 0 aromatic rings. The van der Waals surface area contributed by atoms with Crippen LogP contribution in [-0.2, 0) is 9.84 Å². The lowest BCUT2D eigenvalue weighted by Crippen LogP contribution is -2.65. The Kier molecular flexibility index (Phi) is 3.62. The quantitative estimate of drug-likeness (QED) is 0.710. The van der Waals surface area contributed by atoms with Gasteiger partial charge in [0.15, 0.2) is 0 Å². The van der Waals surface area contributed by atoms with Crippen molar-refractivity contribution >= 4 is 9.84 Å². The van der Waals surface area contributed by atoms with E-state index < -0.39 is 9.84 Å². The summed E-state index contributed by atoms with van der Waals surface area (Å²) in [6.45, 7) is 6.83. The van der Waals surface area contributed by atoms with Crippen molar-refractivity contribution in [3.8, 4) is 0 Å². The minimum absolute atomic E-state index is 0.395. The minimum Gasteiger partial charge on any atom is -0.314 e. The summed E-state index contributed by atoms with van der Waals surface area (Å²) < 4.78 is 22.8. The number of hydrogen-bond acceptors (Lipinski definition) is 5. The maximum Gasteiger partial charge on any atom is 0.150 e. The summed E-state index contributed by atoms with van der Waals surface area (Å²) in [5.41, 5.74) is 0. The fourth-order valence-corrected chi connectivity index (χ4v) is 4.77. The number of piperazine rings is 1. The first-order valence-electron chi connectivity index (χ1n) is 7.03. The highest BCUT2D eigenvalue weighted by molar-refractivity contribution is 7.91. The van der Waals surface area contributed by atoms with E-state index in [9.17, 15) is 8.42 Å². The molecule has 0 aliphatic carbocycles. The zero-order chi connectivity index (χ0) is 12.6. The van der Waals surface area contributed by atoms with Gasteiger partial charge in [-0.3, -0.25) is 9.80 Å². The summed E-state index contributed by atoms with van der Waals surface area (Å²) >= 11 is 0. The molecule has 3 aliphatic heterocycles. The number of hydrogen-bond donors (Lipinski definition) is 1. The van der Waals surface area contributed by atoms with E-state index in [4.69, 9.17) is 0 Å². The molecule has 0 aromatic heterocycles. The van der Waals surface area contributed by atoms with Crippen molar-refractivity contribution in [2.75, 3.05) is 50.8 Å². The van der Waals surface area contributed by atoms with Crippen LogP contribution < -0.4 is 5.32 Å². The van der Waals surface area contributed by atoms with E-state index in [1.165, 1.54) is 0 Å². The SMILES string of the molecule is O=S1(=O)CCC(N2CC(N3CCNCC3)C2)CC1. The van der Waals surface area contributed by atoms with E-state index in [0.717, 1.165) is 52.1 Å². The lowest BCUT2D eigenvalue weighted by molar-refractivity contribution is -0.00290. The van der Waals surface area contributed by atoms with E-state index in [0.29, 0.717) is 23.6 Å². The Labute approximate surface area is 109 Å². The number of nitrogens with one attached hydrogen (secondary N) is 1. The highest BCUT2D eigenvalue weighted by Crippen LogP contribution is 2.25. The van der Waals surface area contributed by atoms with Crippen molar-refractivity contribution in [1.29, 1.82) is 0 Å². The van der Waals surface area contributed by atoms with Crippen LogP contribution in [0.4, 0.5) is 0 Å². The van der Waals surface area contributed by atoms with Gasteiger partial charge in [-0.05, 0) is 12.8 Å². The van der Waals surface area contributed by atoms with Crippen molar-refractivity contribution in [3.63, 3.8) is 0 Å². The molecule has 0 spiro atoms. The van der Waals surface area contributed by atoms with E-state index in [1.807, 2.05) is 0 Å². The molecule has 5 nitrogen and oxygen atoms in total. The number of rotatable bonds is 2. The van der Waals surface area contributed by atoms with E-state index in [2.05, 4.69) is 15.1 Å². The molecule has 104 valence electrons. The fourth-order valence-electron chi connectivity index (χ4n) is 3.31. The first kappa shape index (κ1) is 12.8. The number of nitrogens with zero attached hydrogens (tertiary/aromatic N) is 2. The maximum atomic E-state index is 11.4. The second-order valence-electron chi connectivity index (χ2n) is 5.78.